The number of hydrogen-bond donors (Lipinski definition) is 1. The molecule has 15 heavy (non-hydrogen) atoms. The summed E-state index contributed by atoms with van der Waals surface area (Å²) in [5, 5.41) is 7.89. The summed E-state index contributed by atoms with van der Waals surface area (Å²) in [6.07, 6.45) is 5.83. The molecule has 0 bridgehead atoms. The summed E-state index contributed by atoms with van der Waals surface area (Å²) < 4.78 is 2.14. The van der Waals surface area contributed by atoms with Gasteiger partial charge in [-0.25, -0.2) is 0 Å². The van der Waals surface area contributed by atoms with Crippen LogP contribution in [0.3, 0.4) is 0 Å². The molecule has 1 fully saturated rings. The monoisotopic (exact) mass is 207 g/mol. The molecular weight excluding hydrogens is 186 g/mol. The Kier molecular flexibility index (Phi) is 3.41. The van der Waals surface area contributed by atoms with E-state index in [-0.39, 0.29) is 0 Å². The number of aryl methyl sites for hydroxylation is 1. The fourth-order valence-electron chi connectivity index (χ4n) is 2.68. The van der Waals surface area contributed by atoms with E-state index in [9.17, 15) is 0 Å². The summed E-state index contributed by atoms with van der Waals surface area (Å²) in [4.78, 5) is 0. The molecule has 2 atom stereocenters. The predicted octanol–water partition coefficient (Wildman–Crippen LogP) is 2.15. The van der Waals surface area contributed by atoms with Crippen molar-refractivity contribution in [3.8, 4) is 0 Å². The van der Waals surface area contributed by atoms with Crippen LogP contribution in [-0.2, 0) is 6.54 Å². The Balaban J connectivity index is 2.01. The molecule has 1 aliphatic carbocycles. The van der Waals surface area contributed by atoms with E-state index in [2.05, 4.69) is 35.0 Å². The zero-order chi connectivity index (χ0) is 10.7. The van der Waals surface area contributed by atoms with Crippen LogP contribution in [-0.4, -0.2) is 22.4 Å². The zero-order valence-electron chi connectivity index (χ0n) is 9.74. The van der Waals surface area contributed by atoms with Gasteiger partial charge >= 0.3 is 0 Å². The molecule has 1 saturated carbocycles. The highest BCUT2D eigenvalue weighted by Crippen LogP contribution is 2.34. The minimum Gasteiger partial charge on any atom is -0.314 e. The van der Waals surface area contributed by atoms with Gasteiger partial charge in [0.25, 0.3) is 0 Å². The average Bonchev–Trinajstić information content (AvgIpc) is 2.84. The minimum absolute atomic E-state index is 0.719. The van der Waals surface area contributed by atoms with E-state index in [0.717, 1.165) is 25.0 Å². The van der Waals surface area contributed by atoms with E-state index in [1.165, 1.54) is 25.0 Å². The normalized spacial score (nSPS) is 26.0. The lowest BCUT2D eigenvalue weighted by Gasteiger charge is -2.13. The van der Waals surface area contributed by atoms with Crippen molar-refractivity contribution in [2.24, 2.45) is 0 Å². The highest BCUT2D eigenvalue weighted by molar-refractivity contribution is 5.11. The van der Waals surface area contributed by atoms with E-state index < -0.39 is 0 Å². The largest absolute Gasteiger partial charge is 0.314 e. The van der Waals surface area contributed by atoms with Crippen LogP contribution in [0.2, 0.25) is 0 Å². The topological polar surface area (TPSA) is 29.9 Å². The highest BCUT2D eigenvalue weighted by Gasteiger charge is 2.26. The van der Waals surface area contributed by atoms with Crippen LogP contribution in [0.15, 0.2) is 12.3 Å². The third kappa shape index (κ3) is 2.23. The third-order valence-corrected chi connectivity index (χ3v) is 3.39. The van der Waals surface area contributed by atoms with Gasteiger partial charge in [0.05, 0.1) is 0 Å². The molecule has 0 radical (unpaired) electrons. The first-order valence-electron chi connectivity index (χ1n) is 6.10. The van der Waals surface area contributed by atoms with Crippen LogP contribution in [0.25, 0.3) is 0 Å². The van der Waals surface area contributed by atoms with Crippen molar-refractivity contribution >= 4 is 0 Å². The Bertz CT molecular complexity index is 306. The molecule has 1 aliphatic rings. The summed E-state index contributed by atoms with van der Waals surface area (Å²) >= 11 is 0. The molecule has 2 unspecified atom stereocenters. The van der Waals surface area contributed by atoms with Gasteiger partial charge in [0.2, 0.25) is 0 Å². The molecule has 0 aromatic carbocycles. The highest BCUT2D eigenvalue weighted by atomic mass is 15.3. The molecular formula is C12H21N3. The van der Waals surface area contributed by atoms with Gasteiger partial charge in [0.15, 0.2) is 0 Å². The van der Waals surface area contributed by atoms with E-state index in [0.29, 0.717) is 0 Å². The Labute approximate surface area is 91.9 Å². The first-order chi connectivity index (χ1) is 7.35. The van der Waals surface area contributed by atoms with Crippen molar-refractivity contribution in [2.75, 3.05) is 6.54 Å². The fraction of sp³-hybridized carbons (Fsp3) is 0.750. The van der Waals surface area contributed by atoms with Crippen molar-refractivity contribution < 1.29 is 0 Å². The van der Waals surface area contributed by atoms with E-state index in [1.807, 2.05) is 6.20 Å². The molecule has 0 spiro atoms. The summed E-state index contributed by atoms with van der Waals surface area (Å²) in [5.41, 5.74) is 1.43. The summed E-state index contributed by atoms with van der Waals surface area (Å²) in [7, 11) is 0. The van der Waals surface area contributed by atoms with Crippen molar-refractivity contribution in [2.45, 2.75) is 51.6 Å². The molecule has 2 rings (SSSR count). The van der Waals surface area contributed by atoms with E-state index in [4.69, 9.17) is 0 Å². The lowest BCUT2D eigenvalue weighted by Crippen LogP contribution is -2.25. The molecule has 1 aromatic heterocycles. The zero-order valence-corrected chi connectivity index (χ0v) is 9.74. The number of hydrogen-bond acceptors (Lipinski definition) is 2. The first-order valence-corrected chi connectivity index (χ1v) is 6.10. The van der Waals surface area contributed by atoms with Crippen molar-refractivity contribution in [1.82, 2.24) is 15.1 Å². The Hall–Kier alpha value is -0.830. The third-order valence-electron chi connectivity index (χ3n) is 3.39. The maximum absolute atomic E-state index is 4.35. The van der Waals surface area contributed by atoms with Gasteiger partial charge in [-0.05, 0) is 38.8 Å². The molecule has 3 heteroatoms. The number of nitrogens with zero attached hydrogens (tertiary/aromatic N) is 2. The van der Waals surface area contributed by atoms with Gasteiger partial charge in [-0.1, -0.05) is 6.92 Å². The molecule has 0 amide bonds. The predicted molar refractivity (Wildman–Crippen MR) is 62.0 cm³/mol. The van der Waals surface area contributed by atoms with Crippen LogP contribution in [0.1, 0.15) is 44.7 Å². The van der Waals surface area contributed by atoms with Crippen LogP contribution in [0, 0.1) is 0 Å². The quantitative estimate of drug-likeness (QED) is 0.820. The lowest BCUT2D eigenvalue weighted by molar-refractivity contribution is 0.520. The molecule has 3 nitrogen and oxygen atoms in total. The molecule has 0 aliphatic heterocycles. The van der Waals surface area contributed by atoms with Gasteiger partial charge in [0, 0.05) is 30.4 Å². The lowest BCUT2D eigenvalue weighted by atomic mass is 10.0. The molecule has 1 N–H and O–H groups in total. The van der Waals surface area contributed by atoms with Crippen LogP contribution >= 0.6 is 0 Å². The van der Waals surface area contributed by atoms with Crippen LogP contribution < -0.4 is 5.32 Å². The SMILES string of the molecule is CCNC1CCC(c2ccnn2CC)C1. The smallest absolute Gasteiger partial charge is 0.0492 e. The van der Waals surface area contributed by atoms with Gasteiger partial charge in [0.1, 0.15) is 0 Å². The number of aromatic nitrogens is 2. The summed E-state index contributed by atoms with van der Waals surface area (Å²) in [5.74, 6) is 0.719. The van der Waals surface area contributed by atoms with Crippen LogP contribution in [0.5, 0.6) is 0 Å². The second kappa shape index (κ2) is 4.79. The fourth-order valence-corrected chi connectivity index (χ4v) is 2.68. The standard InChI is InChI=1S/C12H21N3/c1-3-13-11-6-5-10(9-11)12-7-8-14-15(12)4-2/h7-8,10-11,13H,3-6,9H2,1-2H3. The Morgan fingerprint density at radius 3 is 3.07 bits per heavy atom. The van der Waals surface area contributed by atoms with Gasteiger partial charge in [-0.15, -0.1) is 0 Å². The van der Waals surface area contributed by atoms with E-state index >= 15 is 0 Å². The van der Waals surface area contributed by atoms with Gasteiger partial charge in [-0.2, -0.15) is 5.10 Å². The molecule has 0 saturated heterocycles. The average molecular weight is 207 g/mol. The van der Waals surface area contributed by atoms with Crippen molar-refractivity contribution in [3.63, 3.8) is 0 Å². The molecule has 1 aromatic rings. The van der Waals surface area contributed by atoms with Gasteiger partial charge in [-0.3, -0.25) is 4.68 Å². The Morgan fingerprint density at radius 2 is 2.33 bits per heavy atom. The van der Waals surface area contributed by atoms with Crippen molar-refractivity contribution in [3.05, 3.63) is 18.0 Å². The maximum atomic E-state index is 4.35. The minimum atomic E-state index is 0.719. The van der Waals surface area contributed by atoms with Crippen LogP contribution in [0.4, 0.5) is 0 Å². The first kappa shape index (κ1) is 10.7. The summed E-state index contributed by atoms with van der Waals surface area (Å²) in [6.45, 7) is 6.42. The maximum Gasteiger partial charge on any atom is 0.0492 e. The van der Waals surface area contributed by atoms with E-state index in [1.54, 1.807) is 0 Å². The second-order valence-corrected chi connectivity index (χ2v) is 4.34. The number of rotatable bonds is 4. The number of nitrogens with one attached hydrogen (secondary N) is 1. The second-order valence-electron chi connectivity index (χ2n) is 4.34. The molecule has 1 heterocycles. The van der Waals surface area contributed by atoms with Gasteiger partial charge < -0.3 is 5.32 Å². The summed E-state index contributed by atoms with van der Waals surface area (Å²) in [6, 6.07) is 2.91. The Morgan fingerprint density at radius 1 is 1.47 bits per heavy atom. The van der Waals surface area contributed by atoms with Crippen molar-refractivity contribution in [1.29, 1.82) is 0 Å². The molecule has 84 valence electrons.